The fourth-order valence-corrected chi connectivity index (χ4v) is 1.21. The van der Waals surface area contributed by atoms with E-state index in [2.05, 4.69) is 0 Å². The van der Waals surface area contributed by atoms with Gasteiger partial charge < -0.3 is 9.80 Å². The number of hydrogen-bond acceptors (Lipinski definition) is 2. The Morgan fingerprint density at radius 2 is 1.75 bits per heavy atom. The molecule has 4 nitrogen and oxygen atoms in total. The van der Waals surface area contributed by atoms with Crippen LogP contribution in [-0.2, 0) is 9.59 Å². The molecule has 0 bridgehead atoms. The zero-order valence-corrected chi connectivity index (χ0v) is 7.70. The second kappa shape index (κ2) is 3.13. The van der Waals surface area contributed by atoms with Crippen LogP contribution in [0.3, 0.4) is 0 Å². The van der Waals surface area contributed by atoms with Gasteiger partial charge in [-0.3, -0.25) is 9.59 Å². The van der Waals surface area contributed by atoms with Gasteiger partial charge in [0.05, 0.1) is 6.54 Å². The van der Waals surface area contributed by atoms with E-state index < -0.39 is 0 Å². The minimum Gasteiger partial charge on any atom is -0.335 e. The number of nitrogens with zero attached hydrogens (tertiary/aromatic N) is 2. The van der Waals surface area contributed by atoms with Crippen molar-refractivity contribution in [1.82, 2.24) is 9.80 Å². The van der Waals surface area contributed by atoms with Gasteiger partial charge in [-0.15, -0.1) is 0 Å². The second-order valence-corrected chi connectivity index (χ2v) is 3.37. The van der Waals surface area contributed by atoms with Gasteiger partial charge in [0.15, 0.2) is 0 Å². The van der Waals surface area contributed by atoms with E-state index in [1.807, 2.05) is 13.8 Å². The second-order valence-electron chi connectivity index (χ2n) is 3.37. The van der Waals surface area contributed by atoms with Gasteiger partial charge in [-0.2, -0.15) is 0 Å². The molecule has 0 saturated carbocycles. The maximum absolute atomic E-state index is 11.3. The van der Waals surface area contributed by atoms with Crippen molar-refractivity contribution in [3.05, 3.63) is 0 Å². The third kappa shape index (κ3) is 1.57. The Morgan fingerprint density at radius 1 is 1.17 bits per heavy atom. The number of likely N-dealkylation sites (N-methyl/N-ethyl adjacent to an activating group) is 1. The summed E-state index contributed by atoms with van der Waals surface area (Å²) in [5, 5.41) is 0. The van der Waals surface area contributed by atoms with Crippen molar-refractivity contribution in [2.75, 3.05) is 20.1 Å². The molecule has 1 rings (SSSR count). The van der Waals surface area contributed by atoms with E-state index in [0.29, 0.717) is 0 Å². The topological polar surface area (TPSA) is 40.6 Å². The molecule has 0 atom stereocenters. The van der Waals surface area contributed by atoms with E-state index in [1.54, 1.807) is 11.9 Å². The maximum Gasteiger partial charge on any atom is 0.242 e. The summed E-state index contributed by atoms with van der Waals surface area (Å²) in [4.78, 5) is 25.6. The summed E-state index contributed by atoms with van der Waals surface area (Å²) in [5.41, 5.74) is 0. The molecule has 0 N–H and O–H groups in total. The SMILES string of the molecule is CC(C)N1CC(=O)N(C)CC1=O. The van der Waals surface area contributed by atoms with Crippen molar-refractivity contribution >= 4 is 11.8 Å². The van der Waals surface area contributed by atoms with Crippen molar-refractivity contribution in [1.29, 1.82) is 0 Å². The van der Waals surface area contributed by atoms with Crippen LogP contribution in [0.2, 0.25) is 0 Å². The Bertz CT molecular complexity index is 213. The van der Waals surface area contributed by atoms with E-state index in [9.17, 15) is 9.59 Å². The molecule has 0 aromatic rings. The first kappa shape index (κ1) is 9.03. The molecule has 0 aromatic heterocycles. The van der Waals surface area contributed by atoms with Crippen LogP contribution < -0.4 is 0 Å². The molecule has 0 unspecified atom stereocenters. The van der Waals surface area contributed by atoms with Crippen molar-refractivity contribution in [3.63, 3.8) is 0 Å². The lowest BCUT2D eigenvalue weighted by molar-refractivity contribution is -0.150. The van der Waals surface area contributed by atoms with Crippen molar-refractivity contribution in [2.45, 2.75) is 19.9 Å². The molecular formula is C8H14N2O2. The molecule has 4 heteroatoms. The zero-order valence-electron chi connectivity index (χ0n) is 7.70. The van der Waals surface area contributed by atoms with Crippen LogP contribution in [0.5, 0.6) is 0 Å². The quantitative estimate of drug-likeness (QED) is 0.542. The van der Waals surface area contributed by atoms with Crippen LogP contribution >= 0.6 is 0 Å². The largest absolute Gasteiger partial charge is 0.335 e. The van der Waals surface area contributed by atoms with Gasteiger partial charge in [0, 0.05) is 13.1 Å². The van der Waals surface area contributed by atoms with Gasteiger partial charge >= 0.3 is 0 Å². The van der Waals surface area contributed by atoms with Crippen LogP contribution in [0, 0.1) is 0 Å². The molecule has 0 aromatic carbocycles. The fraction of sp³-hybridized carbons (Fsp3) is 0.750. The predicted octanol–water partition coefficient (Wildman–Crippen LogP) is -0.305. The third-order valence-corrected chi connectivity index (χ3v) is 2.05. The van der Waals surface area contributed by atoms with Gasteiger partial charge in [-0.1, -0.05) is 0 Å². The highest BCUT2D eigenvalue weighted by Crippen LogP contribution is 2.06. The van der Waals surface area contributed by atoms with Crippen LogP contribution in [0.15, 0.2) is 0 Å². The molecule has 12 heavy (non-hydrogen) atoms. The molecule has 1 aliphatic rings. The lowest BCUT2D eigenvalue weighted by atomic mass is 10.2. The van der Waals surface area contributed by atoms with Crippen molar-refractivity contribution < 1.29 is 9.59 Å². The van der Waals surface area contributed by atoms with Gasteiger partial charge in [0.25, 0.3) is 0 Å². The highest BCUT2D eigenvalue weighted by atomic mass is 16.2. The molecular weight excluding hydrogens is 156 g/mol. The highest BCUT2D eigenvalue weighted by Gasteiger charge is 2.28. The molecule has 68 valence electrons. The third-order valence-electron chi connectivity index (χ3n) is 2.05. The first-order valence-corrected chi connectivity index (χ1v) is 4.06. The highest BCUT2D eigenvalue weighted by molar-refractivity contribution is 5.92. The first-order chi connectivity index (χ1) is 5.52. The van der Waals surface area contributed by atoms with E-state index in [0.717, 1.165) is 0 Å². The monoisotopic (exact) mass is 170 g/mol. The molecule has 0 spiro atoms. The standard InChI is InChI=1S/C8H14N2O2/c1-6(2)10-5-7(11)9(3)4-8(10)12/h6H,4-5H2,1-3H3. The van der Waals surface area contributed by atoms with E-state index in [1.165, 1.54) is 4.90 Å². The molecule has 1 aliphatic heterocycles. The summed E-state index contributed by atoms with van der Waals surface area (Å²) in [5.74, 6) is 0.0513. The zero-order chi connectivity index (χ0) is 9.30. The van der Waals surface area contributed by atoms with Crippen LogP contribution in [0.1, 0.15) is 13.8 Å². The van der Waals surface area contributed by atoms with Gasteiger partial charge in [-0.05, 0) is 13.8 Å². The Morgan fingerprint density at radius 3 is 2.25 bits per heavy atom. The number of hydrogen-bond donors (Lipinski definition) is 0. The van der Waals surface area contributed by atoms with Gasteiger partial charge in [0.2, 0.25) is 11.8 Å². The molecule has 1 fully saturated rings. The van der Waals surface area contributed by atoms with E-state index in [-0.39, 0.29) is 30.9 Å². The number of rotatable bonds is 1. The minimum atomic E-state index is 0.0169. The molecule has 2 amide bonds. The maximum atomic E-state index is 11.3. The molecule has 1 saturated heterocycles. The molecule has 1 heterocycles. The lowest BCUT2D eigenvalue weighted by Gasteiger charge is -2.34. The predicted molar refractivity (Wildman–Crippen MR) is 44.5 cm³/mol. The summed E-state index contributed by atoms with van der Waals surface area (Å²) in [6.07, 6.45) is 0. The summed E-state index contributed by atoms with van der Waals surface area (Å²) >= 11 is 0. The van der Waals surface area contributed by atoms with Crippen LogP contribution in [0.4, 0.5) is 0 Å². The molecule has 0 aliphatic carbocycles. The lowest BCUT2D eigenvalue weighted by Crippen LogP contribution is -2.54. The Hall–Kier alpha value is -1.06. The molecule has 0 radical (unpaired) electrons. The van der Waals surface area contributed by atoms with E-state index >= 15 is 0 Å². The number of piperazine rings is 1. The number of carbonyl (C=O) groups excluding carboxylic acids is 2. The normalized spacial score (nSPS) is 19.3. The van der Waals surface area contributed by atoms with Crippen LogP contribution in [-0.4, -0.2) is 47.8 Å². The summed E-state index contributed by atoms with van der Waals surface area (Å²) in [6, 6.07) is 0.121. The minimum absolute atomic E-state index is 0.0169. The first-order valence-electron chi connectivity index (χ1n) is 4.06. The van der Waals surface area contributed by atoms with Crippen molar-refractivity contribution in [2.24, 2.45) is 0 Å². The Kier molecular flexibility index (Phi) is 2.35. The fourth-order valence-electron chi connectivity index (χ4n) is 1.21. The van der Waals surface area contributed by atoms with E-state index in [4.69, 9.17) is 0 Å². The summed E-state index contributed by atoms with van der Waals surface area (Å²) in [6.45, 7) is 4.27. The Labute approximate surface area is 72.1 Å². The summed E-state index contributed by atoms with van der Waals surface area (Å²) < 4.78 is 0. The van der Waals surface area contributed by atoms with Crippen LogP contribution in [0.25, 0.3) is 0 Å². The Balaban J connectivity index is 2.68. The smallest absolute Gasteiger partial charge is 0.242 e. The average molecular weight is 170 g/mol. The van der Waals surface area contributed by atoms with Gasteiger partial charge in [0.1, 0.15) is 6.54 Å². The number of amides is 2. The van der Waals surface area contributed by atoms with Crippen molar-refractivity contribution in [3.8, 4) is 0 Å². The van der Waals surface area contributed by atoms with Gasteiger partial charge in [-0.25, -0.2) is 0 Å². The summed E-state index contributed by atoms with van der Waals surface area (Å²) in [7, 11) is 1.65. The number of carbonyl (C=O) groups is 2. The average Bonchev–Trinajstić information content (AvgIpc) is 1.96.